The lowest BCUT2D eigenvalue weighted by Gasteiger charge is -2.36. The maximum absolute atomic E-state index is 12.7. The van der Waals surface area contributed by atoms with Crippen molar-refractivity contribution in [3.05, 3.63) is 11.1 Å². The third-order valence-corrected chi connectivity index (χ3v) is 5.91. The number of β-lactam (4-membered cyclic amide) rings is 1. The zero-order valence-electron chi connectivity index (χ0n) is 15.7. The summed E-state index contributed by atoms with van der Waals surface area (Å²) >= 11 is 7.88. The number of aryl methyl sites for hydroxylation is 1. The van der Waals surface area contributed by atoms with E-state index >= 15 is 0 Å². The SMILES string of the molecule is CON=C(C(=O)N[C@H]1C(=O)N[C@H]1CSc1nnnn1C)c1csc(NC(=O)CCl)n1. The van der Waals surface area contributed by atoms with Gasteiger partial charge in [-0.1, -0.05) is 16.9 Å². The maximum atomic E-state index is 12.7. The Morgan fingerprint density at radius 1 is 1.50 bits per heavy atom. The number of anilines is 1. The van der Waals surface area contributed by atoms with Crippen molar-refractivity contribution in [1.82, 2.24) is 35.8 Å². The fraction of sp³-hybridized carbons (Fsp3) is 0.429. The number of carbonyl (C=O) groups excluding carboxylic acids is 3. The van der Waals surface area contributed by atoms with E-state index in [-0.39, 0.29) is 34.4 Å². The van der Waals surface area contributed by atoms with E-state index in [9.17, 15) is 14.4 Å². The third kappa shape index (κ3) is 5.03. The Morgan fingerprint density at radius 2 is 2.30 bits per heavy atom. The number of nitrogens with one attached hydrogen (secondary N) is 3. The number of tetrazole rings is 1. The minimum absolute atomic E-state index is 0.135. The van der Waals surface area contributed by atoms with Gasteiger partial charge in [-0.3, -0.25) is 14.4 Å². The highest BCUT2D eigenvalue weighted by Gasteiger charge is 2.41. The van der Waals surface area contributed by atoms with Crippen LogP contribution in [0.5, 0.6) is 0 Å². The van der Waals surface area contributed by atoms with Gasteiger partial charge >= 0.3 is 0 Å². The van der Waals surface area contributed by atoms with Crippen molar-refractivity contribution in [3.63, 3.8) is 0 Å². The molecule has 160 valence electrons. The van der Waals surface area contributed by atoms with Gasteiger partial charge in [0.05, 0.1) is 6.04 Å². The molecule has 16 heteroatoms. The predicted octanol–water partition coefficient (Wildman–Crippen LogP) is -1.03. The third-order valence-electron chi connectivity index (χ3n) is 3.78. The van der Waals surface area contributed by atoms with Gasteiger partial charge in [0.15, 0.2) is 10.8 Å². The first-order chi connectivity index (χ1) is 14.4. The standard InChI is InChI=1S/C14H16ClN9O4S2/c1-24-14(20-22-23-24)30-5-6-9(11(26)16-6)19-12(27)10(21-28-2)7-4-29-13(17-7)18-8(25)3-15/h4,6,9H,3,5H2,1-2H3,(H,16,26)(H,19,27)(H,17,18,25)/t6-,9+/m0/s1. The van der Waals surface area contributed by atoms with E-state index in [4.69, 9.17) is 16.4 Å². The highest BCUT2D eigenvalue weighted by Crippen LogP contribution is 2.20. The van der Waals surface area contributed by atoms with Crippen molar-refractivity contribution in [2.75, 3.05) is 24.1 Å². The second-order valence-electron chi connectivity index (χ2n) is 5.80. The van der Waals surface area contributed by atoms with Crippen LogP contribution in [0.25, 0.3) is 0 Å². The van der Waals surface area contributed by atoms with E-state index in [0.717, 1.165) is 11.3 Å². The van der Waals surface area contributed by atoms with Gasteiger partial charge in [-0.05, 0) is 10.4 Å². The minimum Gasteiger partial charge on any atom is -0.398 e. The molecule has 0 aliphatic carbocycles. The number of amides is 3. The van der Waals surface area contributed by atoms with Gasteiger partial charge in [-0.25, -0.2) is 9.67 Å². The largest absolute Gasteiger partial charge is 0.398 e. The molecule has 3 N–H and O–H groups in total. The zero-order valence-corrected chi connectivity index (χ0v) is 18.0. The van der Waals surface area contributed by atoms with E-state index in [1.54, 1.807) is 7.05 Å². The normalized spacial score (nSPS) is 18.4. The molecule has 0 unspecified atom stereocenters. The summed E-state index contributed by atoms with van der Waals surface area (Å²) < 4.78 is 1.50. The summed E-state index contributed by atoms with van der Waals surface area (Å²) in [7, 11) is 2.98. The Kier molecular flexibility index (Phi) is 7.17. The van der Waals surface area contributed by atoms with Gasteiger partial charge in [-0.2, -0.15) is 0 Å². The molecule has 0 radical (unpaired) electrons. The van der Waals surface area contributed by atoms with E-state index in [0.29, 0.717) is 10.9 Å². The average molecular weight is 474 g/mol. The fourth-order valence-corrected chi connectivity index (χ4v) is 4.05. The smallest absolute Gasteiger partial charge is 0.276 e. The first-order valence-electron chi connectivity index (χ1n) is 8.32. The van der Waals surface area contributed by atoms with Crippen molar-refractivity contribution in [2.45, 2.75) is 17.2 Å². The molecule has 2 aromatic rings. The molecule has 3 heterocycles. The van der Waals surface area contributed by atoms with E-state index < -0.39 is 17.9 Å². The van der Waals surface area contributed by atoms with Crippen molar-refractivity contribution in [1.29, 1.82) is 0 Å². The topological polar surface area (TPSA) is 165 Å². The quantitative estimate of drug-likeness (QED) is 0.136. The van der Waals surface area contributed by atoms with Crippen molar-refractivity contribution >= 4 is 63.3 Å². The average Bonchev–Trinajstić information content (AvgIpc) is 3.35. The number of halogens is 1. The Morgan fingerprint density at radius 3 is 2.93 bits per heavy atom. The summed E-state index contributed by atoms with van der Waals surface area (Å²) in [6, 6.07) is -1.08. The second kappa shape index (κ2) is 9.82. The van der Waals surface area contributed by atoms with Gasteiger partial charge in [0, 0.05) is 18.2 Å². The fourth-order valence-electron chi connectivity index (χ4n) is 2.35. The number of thioether (sulfide) groups is 1. The van der Waals surface area contributed by atoms with E-state index in [1.165, 1.54) is 28.9 Å². The zero-order chi connectivity index (χ0) is 21.7. The number of aromatic nitrogens is 5. The number of oxime groups is 1. The van der Waals surface area contributed by atoms with Crippen LogP contribution in [0, 0.1) is 0 Å². The van der Waals surface area contributed by atoms with Gasteiger partial charge in [-0.15, -0.1) is 28.0 Å². The Balaban J connectivity index is 1.64. The Hall–Kier alpha value is -2.78. The van der Waals surface area contributed by atoms with Gasteiger partial charge in [0.2, 0.25) is 17.0 Å². The molecule has 1 fully saturated rings. The summed E-state index contributed by atoms with van der Waals surface area (Å²) in [4.78, 5) is 44.9. The van der Waals surface area contributed by atoms with Crippen molar-refractivity contribution in [2.24, 2.45) is 12.2 Å². The molecule has 2 aromatic heterocycles. The van der Waals surface area contributed by atoms with Crippen molar-refractivity contribution in [3.8, 4) is 0 Å². The number of carbonyl (C=O) groups is 3. The monoisotopic (exact) mass is 473 g/mol. The van der Waals surface area contributed by atoms with Crippen LogP contribution in [0.4, 0.5) is 5.13 Å². The lowest BCUT2D eigenvalue weighted by atomic mass is 10.0. The predicted molar refractivity (Wildman–Crippen MR) is 108 cm³/mol. The Labute approximate surface area is 182 Å². The summed E-state index contributed by atoms with van der Waals surface area (Å²) in [5.41, 5.74) is 0.0452. The van der Waals surface area contributed by atoms with Crippen LogP contribution in [0.1, 0.15) is 5.69 Å². The van der Waals surface area contributed by atoms with Crippen molar-refractivity contribution < 1.29 is 19.2 Å². The van der Waals surface area contributed by atoms with Crippen LogP contribution < -0.4 is 16.0 Å². The molecule has 1 aliphatic rings. The molecule has 0 spiro atoms. The minimum atomic E-state index is -0.762. The molecule has 1 saturated heterocycles. The lowest BCUT2D eigenvalue weighted by molar-refractivity contribution is -0.134. The Bertz CT molecular complexity index is 978. The highest BCUT2D eigenvalue weighted by atomic mass is 35.5. The molecule has 0 saturated carbocycles. The maximum Gasteiger partial charge on any atom is 0.276 e. The van der Waals surface area contributed by atoms with Gasteiger partial charge in [0.25, 0.3) is 5.91 Å². The first kappa shape index (κ1) is 21.9. The number of alkyl halides is 1. The summed E-state index contributed by atoms with van der Waals surface area (Å²) in [5.74, 6) is -1.18. The summed E-state index contributed by atoms with van der Waals surface area (Å²) in [6.07, 6.45) is 0. The van der Waals surface area contributed by atoms with Crippen LogP contribution in [0.2, 0.25) is 0 Å². The first-order valence-corrected chi connectivity index (χ1v) is 10.7. The number of rotatable bonds is 9. The molecule has 0 bridgehead atoms. The highest BCUT2D eigenvalue weighted by molar-refractivity contribution is 7.99. The molecule has 13 nitrogen and oxygen atoms in total. The molecule has 30 heavy (non-hydrogen) atoms. The molecule has 2 atom stereocenters. The molecule has 1 aliphatic heterocycles. The summed E-state index contributed by atoms with van der Waals surface area (Å²) in [6.45, 7) is 0. The van der Waals surface area contributed by atoms with Crippen LogP contribution >= 0.6 is 34.7 Å². The van der Waals surface area contributed by atoms with Crippen LogP contribution in [0.3, 0.4) is 0 Å². The molecular weight excluding hydrogens is 458 g/mol. The van der Waals surface area contributed by atoms with Gasteiger partial charge in [0.1, 0.15) is 24.7 Å². The van der Waals surface area contributed by atoms with Crippen LogP contribution in [-0.2, 0) is 26.3 Å². The van der Waals surface area contributed by atoms with Gasteiger partial charge < -0.3 is 20.8 Å². The van der Waals surface area contributed by atoms with Crippen LogP contribution in [-0.4, -0.2) is 79.5 Å². The summed E-state index contributed by atoms with van der Waals surface area (Å²) in [5, 5.41) is 25.0. The number of thiazole rings is 1. The lowest BCUT2D eigenvalue weighted by Crippen LogP contribution is -2.70. The van der Waals surface area contributed by atoms with E-state index in [2.05, 4.69) is 41.6 Å². The molecule has 0 aromatic carbocycles. The number of hydrogen-bond donors (Lipinski definition) is 3. The second-order valence-corrected chi connectivity index (χ2v) is 7.92. The molecule has 3 rings (SSSR count). The van der Waals surface area contributed by atoms with Crippen LogP contribution in [0.15, 0.2) is 15.7 Å². The number of nitrogens with zero attached hydrogens (tertiary/aromatic N) is 6. The number of hydrogen-bond acceptors (Lipinski definition) is 11. The molecule has 3 amide bonds. The van der Waals surface area contributed by atoms with E-state index in [1.807, 2.05) is 0 Å². The molecular formula is C14H16ClN9O4S2.